The van der Waals surface area contributed by atoms with Gasteiger partial charge in [-0.15, -0.1) is 11.3 Å². The first kappa shape index (κ1) is 14.0. The average Bonchev–Trinajstić information content (AvgIpc) is 2.59. The molecule has 0 bridgehead atoms. The van der Waals surface area contributed by atoms with Gasteiger partial charge in [0.1, 0.15) is 6.10 Å². The van der Waals surface area contributed by atoms with E-state index in [1.807, 2.05) is 0 Å². The number of thiophene rings is 1. The quantitative estimate of drug-likeness (QED) is 0.922. The van der Waals surface area contributed by atoms with E-state index in [0.717, 1.165) is 11.4 Å². The van der Waals surface area contributed by atoms with Gasteiger partial charge in [-0.05, 0) is 28.9 Å². The number of hydrogen-bond donors (Lipinski definition) is 1. The predicted octanol–water partition coefficient (Wildman–Crippen LogP) is 3.48. The molecule has 2 N–H and O–H groups in total. The number of hydrogen-bond acceptors (Lipinski definition) is 3. The average molecular weight is 318 g/mol. The molecule has 2 nitrogen and oxygen atoms in total. The first-order valence-electron chi connectivity index (χ1n) is 4.50. The summed E-state index contributed by atoms with van der Waals surface area (Å²) in [5, 5.41) is 1.78. The van der Waals surface area contributed by atoms with Crippen LogP contribution in [0.4, 0.5) is 13.2 Å². The van der Waals surface area contributed by atoms with Crippen LogP contribution in [0.15, 0.2) is 15.9 Å². The molecule has 0 spiro atoms. The van der Waals surface area contributed by atoms with Gasteiger partial charge in [0.05, 0.1) is 0 Å². The first-order valence-corrected chi connectivity index (χ1v) is 6.18. The molecule has 7 heteroatoms. The first-order chi connectivity index (χ1) is 7.34. The fourth-order valence-electron chi connectivity index (χ4n) is 1.06. The van der Waals surface area contributed by atoms with Crippen LogP contribution < -0.4 is 5.73 Å². The molecule has 0 saturated carbocycles. The number of ether oxygens (including phenoxy) is 1. The molecule has 1 aromatic rings. The maximum Gasteiger partial charge on any atom is 0.414 e. The Labute approximate surface area is 104 Å². The molecular weight excluding hydrogens is 307 g/mol. The Morgan fingerprint density at radius 3 is 2.56 bits per heavy atom. The zero-order valence-corrected chi connectivity index (χ0v) is 10.8. The predicted molar refractivity (Wildman–Crippen MR) is 60.4 cm³/mol. The van der Waals surface area contributed by atoms with Gasteiger partial charge in [0.2, 0.25) is 0 Å². The minimum absolute atomic E-state index is 0.0212. The van der Waals surface area contributed by atoms with Crippen molar-refractivity contribution in [1.29, 1.82) is 0 Å². The smallest absolute Gasteiger partial charge is 0.359 e. The lowest BCUT2D eigenvalue weighted by atomic mass is 10.3. The fraction of sp³-hybridized carbons (Fsp3) is 0.556. The summed E-state index contributed by atoms with van der Waals surface area (Å²) in [5.41, 5.74) is 5.40. The third-order valence-electron chi connectivity index (χ3n) is 1.95. The second-order valence-corrected chi connectivity index (χ2v) is 5.07. The van der Waals surface area contributed by atoms with Gasteiger partial charge in [-0.3, -0.25) is 0 Å². The number of rotatable bonds is 4. The van der Waals surface area contributed by atoms with E-state index >= 15 is 0 Å². The molecule has 1 heterocycles. The zero-order chi connectivity index (χ0) is 12.3. The van der Waals surface area contributed by atoms with E-state index in [1.165, 1.54) is 11.3 Å². The van der Waals surface area contributed by atoms with Gasteiger partial charge in [-0.25, -0.2) is 0 Å². The maximum atomic E-state index is 12.3. The van der Waals surface area contributed by atoms with Crippen molar-refractivity contribution in [1.82, 2.24) is 0 Å². The molecule has 1 rings (SSSR count). The lowest BCUT2D eigenvalue weighted by molar-refractivity contribution is -0.226. The molecule has 92 valence electrons. The van der Waals surface area contributed by atoms with Crippen molar-refractivity contribution >= 4 is 27.3 Å². The van der Waals surface area contributed by atoms with Crippen molar-refractivity contribution < 1.29 is 17.9 Å². The fourth-order valence-corrected chi connectivity index (χ4v) is 2.55. The highest BCUT2D eigenvalue weighted by Gasteiger charge is 2.38. The molecule has 0 radical (unpaired) electrons. The summed E-state index contributed by atoms with van der Waals surface area (Å²) in [6.07, 6.45) is -6.89. The second kappa shape index (κ2) is 5.48. The molecule has 0 saturated heterocycles. The van der Waals surface area contributed by atoms with Crippen LogP contribution in [0.25, 0.3) is 0 Å². The van der Waals surface area contributed by atoms with Crippen LogP contribution in [0.3, 0.4) is 0 Å². The van der Waals surface area contributed by atoms with Crippen molar-refractivity contribution in [3.05, 3.63) is 20.8 Å². The van der Waals surface area contributed by atoms with Crippen LogP contribution in [0.5, 0.6) is 0 Å². The highest BCUT2D eigenvalue weighted by atomic mass is 79.9. The molecule has 1 aromatic heterocycles. The van der Waals surface area contributed by atoms with Gasteiger partial charge in [0.25, 0.3) is 0 Å². The van der Waals surface area contributed by atoms with Gasteiger partial charge in [0, 0.05) is 21.3 Å². The molecule has 0 fully saturated rings. The Hall–Kier alpha value is -0.110. The summed E-state index contributed by atoms with van der Waals surface area (Å²) in [5.74, 6) is 0. The Morgan fingerprint density at radius 1 is 1.56 bits per heavy atom. The summed E-state index contributed by atoms with van der Waals surface area (Å²) in [6, 6.07) is 1.71. The molecule has 0 aliphatic rings. The summed E-state index contributed by atoms with van der Waals surface area (Å²) in [4.78, 5) is 0.686. The van der Waals surface area contributed by atoms with E-state index in [0.29, 0.717) is 4.88 Å². The molecule has 0 amide bonds. The number of alkyl halides is 3. The summed E-state index contributed by atoms with van der Waals surface area (Å²) in [7, 11) is 0. The highest BCUT2D eigenvalue weighted by molar-refractivity contribution is 9.10. The van der Waals surface area contributed by atoms with Crippen LogP contribution in [-0.2, 0) is 4.74 Å². The maximum absolute atomic E-state index is 12.3. The van der Waals surface area contributed by atoms with Crippen molar-refractivity contribution in [3.63, 3.8) is 0 Å². The van der Waals surface area contributed by atoms with Crippen molar-refractivity contribution in [2.75, 3.05) is 6.54 Å². The van der Waals surface area contributed by atoms with Gasteiger partial charge in [0.15, 0.2) is 6.10 Å². The monoisotopic (exact) mass is 317 g/mol. The van der Waals surface area contributed by atoms with E-state index in [1.54, 1.807) is 11.4 Å². The number of nitrogens with two attached hydrogens (primary N) is 1. The van der Waals surface area contributed by atoms with Crippen LogP contribution in [-0.4, -0.2) is 18.8 Å². The van der Waals surface area contributed by atoms with Gasteiger partial charge in [-0.2, -0.15) is 13.2 Å². The van der Waals surface area contributed by atoms with Crippen LogP contribution in [0.2, 0.25) is 0 Å². The third-order valence-corrected chi connectivity index (χ3v) is 3.73. The normalized spacial score (nSPS) is 16.1. The SMILES string of the molecule is CC(OC(CN)c1cc(Br)cs1)C(F)(F)F. The Balaban J connectivity index is 2.70. The molecule has 0 aliphatic carbocycles. The topological polar surface area (TPSA) is 35.2 Å². The largest absolute Gasteiger partial charge is 0.414 e. The Bertz CT molecular complexity index is 342. The van der Waals surface area contributed by atoms with Crippen molar-refractivity contribution in [3.8, 4) is 0 Å². The minimum Gasteiger partial charge on any atom is -0.359 e. The van der Waals surface area contributed by atoms with Gasteiger partial charge >= 0.3 is 6.18 Å². The molecule has 16 heavy (non-hydrogen) atoms. The lowest BCUT2D eigenvalue weighted by Gasteiger charge is -2.22. The van der Waals surface area contributed by atoms with E-state index in [-0.39, 0.29) is 6.54 Å². The zero-order valence-electron chi connectivity index (χ0n) is 8.42. The third kappa shape index (κ3) is 3.73. The lowest BCUT2D eigenvalue weighted by Crippen LogP contribution is -2.31. The molecule has 2 unspecified atom stereocenters. The van der Waals surface area contributed by atoms with Crippen molar-refractivity contribution in [2.24, 2.45) is 5.73 Å². The van der Waals surface area contributed by atoms with Crippen LogP contribution in [0, 0.1) is 0 Å². The summed E-state index contributed by atoms with van der Waals surface area (Å²) < 4.78 is 42.6. The van der Waals surface area contributed by atoms with Crippen LogP contribution in [0.1, 0.15) is 17.9 Å². The standard InChI is InChI=1S/C9H11BrF3NOS/c1-5(9(11,12)13)15-7(3-14)8-2-6(10)4-16-8/h2,4-5,7H,3,14H2,1H3. The van der Waals surface area contributed by atoms with Crippen LogP contribution >= 0.6 is 27.3 Å². The second-order valence-electron chi connectivity index (χ2n) is 3.21. The minimum atomic E-state index is -4.36. The Morgan fingerprint density at radius 2 is 2.19 bits per heavy atom. The van der Waals surface area contributed by atoms with E-state index in [2.05, 4.69) is 15.9 Å². The number of halogens is 4. The molecule has 0 aliphatic heterocycles. The summed E-state index contributed by atoms with van der Waals surface area (Å²) >= 11 is 4.54. The van der Waals surface area contributed by atoms with Crippen molar-refractivity contribution in [2.45, 2.75) is 25.3 Å². The molecule has 2 atom stereocenters. The summed E-state index contributed by atoms with van der Waals surface area (Å²) in [6.45, 7) is 0.999. The van der Waals surface area contributed by atoms with E-state index in [4.69, 9.17) is 10.5 Å². The molecular formula is C9H11BrF3NOS. The van der Waals surface area contributed by atoms with Gasteiger partial charge < -0.3 is 10.5 Å². The van der Waals surface area contributed by atoms with E-state index < -0.39 is 18.4 Å². The highest BCUT2D eigenvalue weighted by Crippen LogP contribution is 2.31. The molecule has 0 aromatic carbocycles. The van der Waals surface area contributed by atoms with Gasteiger partial charge in [-0.1, -0.05) is 0 Å². The Kier molecular flexibility index (Phi) is 4.78. The van der Waals surface area contributed by atoms with E-state index in [9.17, 15) is 13.2 Å².